The van der Waals surface area contributed by atoms with Crippen molar-refractivity contribution < 1.29 is 19.1 Å². The Hall–Kier alpha value is -4.15. The number of imidazole rings is 1. The fourth-order valence-corrected chi connectivity index (χ4v) is 4.27. The van der Waals surface area contributed by atoms with Crippen molar-refractivity contribution in [2.24, 2.45) is 0 Å². The average Bonchev–Trinajstić information content (AvgIpc) is 3.42. The minimum absolute atomic E-state index is 0.0108. The maximum atomic E-state index is 13.0. The summed E-state index contributed by atoms with van der Waals surface area (Å²) in [5, 5.41) is 2.99. The second kappa shape index (κ2) is 11.1. The number of hydrogen-bond donors (Lipinski definition) is 1. The van der Waals surface area contributed by atoms with Crippen LogP contribution in [0, 0.1) is 6.92 Å². The number of aromatic nitrogens is 4. The van der Waals surface area contributed by atoms with Gasteiger partial charge in [-0.2, -0.15) is 4.98 Å². The zero-order valence-corrected chi connectivity index (χ0v) is 21.0. The van der Waals surface area contributed by atoms with Crippen molar-refractivity contribution in [3.05, 3.63) is 54.2 Å². The van der Waals surface area contributed by atoms with Crippen molar-refractivity contribution in [2.75, 3.05) is 38.8 Å². The first-order valence-corrected chi connectivity index (χ1v) is 11.7. The molecule has 3 aromatic rings. The molecule has 2 aromatic heterocycles. The Morgan fingerprint density at radius 3 is 2.61 bits per heavy atom. The SMILES string of the molecule is COc1ccc(CNC(=O)CC2CN(C(C)=O)CCN2c2cc(C)nc(-n3ccnc3)n2)cc1OC. The quantitative estimate of drug-likeness (QED) is 0.505. The van der Waals surface area contributed by atoms with Crippen molar-refractivity contribution in [2.45, 2.75) is 32.9 Å². The predicted octanol–water partition coefficient (Wildman–Crippen LogP) is 1.73. The highest BCUT2D eigenvalue weighted by Crippen LogP contribution is 2.27. The predicted molar refractivity (Wildman–Crippen MR) is 133 cm³/mol. The van der Waals surface area contributed by atoms with Gasteiger partial charge in [0.2, 0.25) is 17.8 Å². The van der Waals surface area contributed by atoms with E-state index in [-0.39, 0.29) is 24.3 Å². The van der Waals surface area contributed by atoms with Gasteiger partial charge in [-0.3, -0.25) is 14.2 Å². The summed E-state index contributed by atoms with van der Waals surface area (Å²) in [6.07, 6.45) is 5.31. The Kier molecular flexibility index (Phi) is 7.67. The Labute approximate surface area is 210 Å². The molecule has 1 aromatic carbocycles. The first kappa shape index (κ1) is 25.0. The maximum Gasteiger partial charge on any atom is 0.237 e. The van der Waals surface area contributed by atoms with Gasteiger partial charge in [-0.1, -0.05) is 6.07 Å². The van der Waals surface area contributed by atoms with Crippen LogP contribution in [-0.2, 0) is 16.1 Å². The van der Waals surface area contributed by atoms with E-state index in [0.29, 0.717) is 49.4 Å². The number of benzene rings is 1. The second-order valence-electron chi connectivity index (χ2n) is 8.62. The standard InChI is InChI=1S/C25H31N7O4/c1-17-11-23(29-25(28-17)31-8-7-26-16-31)32-10-9-30(18(2)33)15-20(32)13-24(34)27-14-19-5-6-21(35-3)22(12-19)36-4/h5-8,11-12,16,20H,9-10,13-15H2,1-4H3,(H,27,34). The fraction of sp³-hybridized carbons (Fsp3) is 0.400. The first-order chi connectivity index (χ1) is 17.4. The Morgan fingerprint density at radius 2 is 1.92 bits per heavy atom. The van der Waals surface area contributed by atoms with Gasteiger partial charge >= 0.3 is 0 Å². The summed E-state index contributed by atoms with van der Waals surface area (Å²) in [4.78, 5) is 42.3. The van der Waals surface area contributed by atoms with Gasteiger partial charge < -0.3 is 24.6 Å². The topological polar surface area (TPSA) is 115 Å². The number of rotatable bonds is 8. The molecule has 0 saturated carbocycles. The molecule has 1 aliphatic heterocycles. The fourth-order valence-electron chi connectivity index (χ4n) is 4.27. The molecule has 1 fully saturated rings. The molecule has 3 heterocycles. The molecule has 0 aliphatic carbocycles. The van der Waals surface area contributed by atoms with Gasteiger partial charge in [0, 0.05) is 63.7 Å². The zero-order chi connectivity index (χ0) is 25.7. The minimum Gasteiger partial charge on any atom is -0.493 e. The maximum absolute atomic E-state index is 13.0. The van der Waals surface area contributed by atoms with Crippen molar-refractivity contribution >= 4 is 17.6 Å². The molecular weight excluding hydrogens is 462 g/mol. The van der Waals surface area contributed by atoms with E-state index in [1.807, 2.05) is 31.2 Å². The molecule has 0 spiro atoms. The van der Waals surface area contributed by atoms with Gasteiger partial charge in [0.1, 0.15) is 12.1 Å². The number of piperazine rings is 1. The summed E-state index contributed by atoms with van der Waals surface area (Å²) in [6, 6.07) is 7.19. The number of ether oxygens (including phenoxy) is 2. The van der Waals surface area contributed by atoms with E-state index in [4.69, 9.17) is 14.5 Å². The summed E-state index contributed by atoms with van der Waals surface area (Å²) < 4.78 is 12.4. The highest BCUT2D eigenvalue weighted by molar-refractivity contribution is 5.78. The van der Waals surface area contributed by atoms with Crippen LogP contribution in [0.2, 0.25) is 0 Å². The third-order valence-corrected chi connectivity index (χ3v) is 6.15. The van der Waals surface area contributed by atoms with E-state index in [0.717, 1.165) is 11.3 Å². The number of aryl methyl sites for hydroxylation is 1. The number of anilines is 1. The number of nitrogens with zero attached hydrogens (tertiary/aromatic N) is 6. The third-order valence-electron chi connectivity index (χ3n) is 6.15. The summed E-state index contributed by atoms with van der Waals surface area (Å²) in [5.74, 6) is 2.33. The van der Waals surface area contributed by atoms with E-state index in [1.54, 1.807) is 49.3 Å². The van der Waals surface area contributed by atoms with Crippen molar-refractivity contribution in [1.29, 1.82) is 0 Å². The van der Waals surface area contributed by atoms with Crippen LogP contribution < -0.4 is 19.7 Å². The highest BCUT2D eigenvalue weighted by Gasteiger charge is 2.31. The number of carbonyl (C=O) groups is 2. The van der Waals surface area contributed by atoms with Crippen molar-refractivity contribution in [3.63, 3.8) is 0 Å². The molecule has 1 atom stereocenters. The molecule has 1 aliphatic rings. The molecule has 1 unspecified atom stereocenters. The van der Waals surface area contributed by atoms with E-state index in [1.165, 1.54) is 0 Å². The van der Waals surface area contributed by atoms with Crippen LogP contribution in [0.25, 0.3) is 5.95 Å². The van der Waals surface area contributed by atoms with Gasteiger partial charge in [-0.25, -0.2) is 9.97 Å². The molecular formula is C25H31N7O4. The van der Waals surface area contributed by atoms with Gasteiger partial charge in [-0.15, -0.1) is 0 Å². The summed E-state index contributed by atoms with van der Waals surface area (Å²) >= 11 is 0. The molecule has 4 rings (SSSR count). The summed E-state index contributed by atoms with van der Waals surface area (Å²) in [6.45, 7) is 5.36. The largest absolute Gasteiger partial charge is 0.493 e. The lowest BCUT2D eigenvalue weighted by Crippen LogP contribution is -2.56. The molecule has 11 heteroatoms. The van der Waals surface area contributed by atoms with Crippen LogP contribution in [0.15, 0.2) is 43.0 Å². The van der Waals surface area contributed by atoms with E-state index in [9.17, 15) is 9.59 Å². The van der Waals surface area contributed by atoms with Crippen LogP contribution in [0.5, 0.6) is 11.5 Å². The molecule has 11 nitrogen and oxygen atoms in total. The molecule has 190 valence electrons. The smallest absolute Gasteiger partial charge is 0.237 e. The molecule has 0 radical (unpaired) electrons. The van der Waals surface area contributed by atoms with Crippen LogP contribution in [-0.4, -0.2) is 76.1 Å². The van der Waals surface area contributed by atoms with E-state index < -0.39 is 0 Å². The Morgan fingerprint density at radius 1 is 1.11 bits per heavy atom. The van der Waals surface area contributed by atoms with Gasteiger partial charge in [0.15, 0.2) is 11.5 Å². The lowest BCUT2D eigenvalue weighted by Gasteiger charge is -2.41. The number of methoxy groups -OCH3 is 2. The molecule has 2 amide bonds. The number of amides is 2. The minimum atomic E-state index is -0.238. The van der Waals surface area contributed by atoms with Crippen LogP contribution in [0.4, 0.5) is 5.82 Å². The average molecular weight is 494 g/mol. The van der Waals surface area contributed by atoms with Crippen molar-refractivity contribution in [1.82, 2.24) is 29.7 Å². The van der Waals surface area contributed by atoms with Crippen LogP contribution in [0.1, 0.15) is 24.6 Å². The van der Waals surface area contributed by atoms with Crippen molar-refractivity contribution in [3.8, 4) is 17.4 Å². The van der Waals surface area contributed by atoms with Gasteiger partial charge in [0.05, 0.1) is 20.3 Å². The number of hydrogen-bond acceptors (Lipinski definition) is 8. The Balaban J connectivity index is 1.50. The zero-order valence-electron chi connectivity index (χ0n) is 21.0. The third kappa shape index (κ3) is 5.73. The summed E-state index contributed by atoms with van der Waals surface area (Å²) in [7, 11) is 3.16. The number of carbonyl (C=O) groups excluding carboxylic acids is 2. The normalized spacial score (nSPS) is 15.5. The number of nitrogens with one attached hydrogen (secondary N) is 1. The second-order valence-corrected chi connectivity index (χ2v) is 8.62. The first-order valence-electron chi connectivity index (χ1n) is 11.7. The van der Waals surface area contributed by atoms with Gasteiger partial charge in [0.25, 0.3) is 0 Å². The molecule has 36 heavy (non-hydrogen) atoms. The molecule has 0 bridgehead atoms. The van der Waals surface area contributed by atoms with Gasteiger partial charge in [-0.05, 0) is 24.6 Å². The lowest BCUT2D eigenvalue weighted by molar-refractivity contribution is -0.130. The monoisotopic (exact) mass is 493 g/mol. The lowest BCUT2D eigenvalue weighted by atomic mass is 10.1. The van der Waals surface area contributed by atoms with E-state index in [2.05, 4.69) is 20.2 Å². The van der Waals surface area contributed by atoms with Crippen LogP contribution >= 0.6 is 0 Å². The van der Waals surface area contributed by atoms with E-state index >= 15 is 0 Å². The molecule has 1 N–H and O–H groups in total. The molecule has 1 saturated heterocycles. The Bertz CT molecular complexity index is 1220. The highest BCUT2D eigenvalue weighted by atomic mass is 16.5. The van der Waals surface area contributed by atoms with Crippen LogP contribution in [0.3, 0.4) is 0 Å². The summed E-state index contributed by atoms with van der Waals surface area (Å²) in [5.41, 5.74) is 1.69.